The van der Waals surface area contributed by atoms with Crippen LogP contribution < -0.4 is 0 Å². The molecule has 0 spiro atoms. The van der Waals surface area contributed by atoms with E-state index in [0.717, 1.165) is 0 Å². The van der Waals surface area contributed by atoms with E-state index in [1.165, 1.54) is 62.5 Å². The van der Waals surface area contributed by atoms with E-state index in [-0.39, 0.29) is 6.61 Å². The van der Waals surface area contributed by atoms with Gasteiger partial charge >= 0.3 is 0 Å². The van der Waals surface area contributed by atoms with E-state index < -0.39 is 0 Å². The molecular formula is C24H42O4. The number of rotatable bonds is 19. The van der Waals surface area contributed by atoms with Crippen LogP contribution in [0.25, 0.3) is 0 Å². The van der Waals surface area contributed by atoms with Crippen LogP contribution in [-0.4, -0.2) is 44.7 Å². The fourth-order valence-electron chi connectivity index (χ4n) is 3.21. The number of unbranched alkanes of at least 4 members (excludes halogenated alkanes) is 6. The minimum Gasteiger partial charge on any atom is -0.394 e. The molecule has 0 heterocycles. The molecule has 162 valence electrons. The normalized spacial score (nSPS) is 12.4. The smallest absolute Gasteiger partial charge is 0.0718 e. The Hall–Kier alpha value is -0.940. The van der Waals surface area contributed by atoms with Crippen LogP contribution in [0.2, 0.25) is 0 Å². The van der Waals surface area contributed by atoms with E-state index in [4.69, 9.17) is 19.3 Å². The topological polar surface area (TPSA) is 47.9 Å². The maximum absolute atomic E-state index is 8.59. The summed E-state index contributed by atoms with van der Waals surface area (Å²) in [5.74, 6) is 0.632. The molecule has 0 saturated heterocycles. The second-order valence-corrected chi connectivity index (χ2v) is 7.55. The lowest BCUT2D eigenvalue weighted by molar-refractivity contribution is 0.00450. The van der Waals surface area contributed by atoms with Crippen molar-refractivity contribution in [1.29, 1.82) is 0 Å². The lowest BCUT2D eigenvalue weighted by Crippen LogP contribution is -2.10. The van der Waals surface area contributed by atoms with Gasteiger partial charge in [0.1, 0.15) is 0 Å². The summed E-state index contributed by atoms with van der Waals surface area (Å²) in [5.41, 5.74) is 2.64. The molecule has 1 atom stereocenters. The van der Waals surface area contributed by atoms with Gasteiger partial charge in [-0.2, -0.15) is 0 Å². The maximum Gasteiger partial charge on any atom is 0.0718 e. The number of hydrogen-bond donors (Lipinski definition) is 1. The van der Waals surface area contributed by atoms with Crippen molar-refractivity contribution in [2.75, 3.05) is 39.6 Å². The molecule has 0 aromatic heterocycles. The predicted molar refractivity (Wildman–Crippen MR) is 116 cm³/mol. The standard InChI is InChI=1S/C24H42O4/c1-3-4-5-6-7-8-9-10-22(2)24-13-11-23(12-14-24)21-28-20-19-27-18-17-26-16-15-25/h11-14,22,25H,3-10,15-21H2,1-2H3. The average molecular weight is 395 g/mol. The first kappa shape index (κ1) is 25.1. The quantitative estimate of drug-likeness (QED) is 0.316. The summed E-state index contributed by atoms with van der Waals surface area (Å²) >= 11 is 0. The van der Waals surface area contributed by atoms with Crippen molar-refractivity contribution < 1.29 is 19.3 Å². The maximum atomic E-state index is 8.59. The van der Waals surface area contributed by atoms with Gasteiger partial charge in [-0.3, -0.25) is 0 Å². The molecule has 1 N–H and O–H groups in total. The Labute approximate surface area is 172 Å². The highest BCUT2D eigenvalue weighted by molar-refractivity contribution is 5.24. The molecule has 0 aliphatic rings. The van der Waals surface area contributed by atoms with Crippen LogP contribution in [0.3, 0.4) is 0 Å². The highest BCUT2D eigenvalue weighted by Crippen LogP contribution is 2.23. The zero-order valence-corrected chi connectivity index (χ0v) is 18.2. The molecule has 1 aromatic carbocycles. The first-order valence-electron chi connectivity index (χ1n) is 11.2. The van der Waals surface area contributed by atoms with Crippen molar-refractivity contribution in [2.45, 2.75) is 77.7 Å². The SMILES string of the molecule is CCCCCCCCCC(C)c1ccc(COCCOCCOCCO)cc1. The Morgan fingerprint density at radius 3 is 1.96 bits per heavy atom. The van der Waals surface area contributed by atoms with Crippen LogP contribution in [0.5, 0.6) is 0 Å². The third-order valence-electron chi connectivity index (χ3n) is 5.04. The van der Waals surface area contributed by atoms with Gasteiger partial charge in [-0.1, -0.05) is 83.1 Å². The van der Waals surface area contributed by atoms with Crippen molar-refractivity contribution in [3.63, 3.8) is 0 Å². The van der Waals surface area contributed by atoms with Crippen molar-refractivity contribution in [1.82, 2.24) is 0 Å². The monoisotopic (exact) mass is 394 g/mol. The molecule has 0 fully saturated rings. The van der Waals surface area contributed by atoms with Gasteiger partial charge in [-0.05, 0) is 23.5 Å². The molecule has 0 radical (unpaired) electrons. The minimum atomic E-state index is 0.0554. The molecule has 0 amide bonds. The van der Waals surface area contributed by atoms with Gasteiger partial charge in [0.2, 0.25) is 0 Å². The summed E-state index contributed by atoms with van der Waals surface area (Å²) in [5, 5.41) is 8.59. The molecule has 0 bridgehead atoms. The van der Waals surface area contributed by atoms with E-state index >= 15 is 0 Å². The Morgan fingerprint density at radius 1 is 0.750 bits per heavy atom. The molecular weight excluding hydrogens is 352 g/mol. The fraction of sp³-hybridized carbons (Fsp3) is 0.750. The summed E-state index contributed by atoms with van der Waals surface area (Å²) in [7, 11) is 0. The third-order valence-corrected chi connectivity index (χ3v) is 5.04. The predicted octanol–water partition coefficient (Wildman–Crippen LogP) is 5.47. The van der Waals surface area contributed by atoms with Crippen LogP contribution in [0.15, 0.2) is 24.3 Å². The van der Waals surface area contributed by atoms with Crippen molar-refractivity contribution in [3.05, 3.63) is 35.4 Å². The summed E-state index contributed by atoms with van der Waals surface area (Å²) < 4.78 is 16.2. The summed E-state index contributed by atoms with van der Waals surface area (Å²) in [4.78, 5) is 0. The van der Waals surface area contributed by atoms with Crippen molar-refractivity contribution in [2.24, 2.45) is 0 Å². The number of benzene rings is 1. The minimum absolute atomic E-state index is 0.0554. The summed E-state index contributed by atoms with van der Waals surface area (Å²) in [6, 6.07) is 8.86. The molecule has 4 heteroatoms. The van der Waals surface area contributed by atoms with Gasteiger partial charge in [-0.25, -0.2) is 0 Å². The van der Waals surface area contributed by atoms with Gasteiger partial charge in [0.05, 0.1) is 46.2 Å². The van der Waals surface area contributed by atoms with Crippen LogP contribution in [-0.2, 0) is 20.8 Å². The van der Waals surface area contributed by atoms with Crippen molar-refractivity contribution >= 4 is 0 Å². The molecule has 28 heavy (non-hydrogen) atoms. The van der Waals surface area contributed by atoms with Gasteiger partial charge in [0.25, 0.3) is 0 Å². The molecule has 0 aliphatic carbocycles. The Morgan fingerprint density at radius 2 is 1.32 bits per heavy atom. The van der Waals surface area contributed by atoms with Gasteiger partial charge < -0.3 is 19.3 Å². The second-order valence-electron chi connectivity index (χ2n) is 7.55. The summed E-state index contributed by atoms with van der Waals surface area (Å²) in [6.45, 7) is 7.85. The van der Waals surface area contributed by atoms with Crippen LogP contribution in [0.4, 0.5) is 0 Å². The number of aliphatic hydroxyl groups excluding tert-OH is 1. The summed E-state index contributed by atoms with van der Waals surface area (Å²) in [6.07, 6.45) is 10.9. The average Bonchev–Trinajstić information content (AvgIpc) is 2.72. The molecule has 1 unspecified atom stereocenters. The van der Waals surface area contributed by atoms with Gasteiger partial charge in [0, 0.05) is 0 Å². The first-order chi connectivity index (χ1) is 13.8. The zero-order chi connectivity index (χ0) is 20.3. The number of ether oxygens (including phenoxy) is 3. The number of aliphatic hydroxyl groups is 1. The van der Waals surface area contributed by atoms with E-state index in [2.05, 4.69) is 38.1 Å². The van der Waals surface area contributed by atoms with Gasteiger partial charge in [0.15, 0.2) is 0 Å². The van der Waals surface area contributed by atoms with E-state index in [1.807, 2.05) is 0 Å². The first-order valence-corrected chi connectivity index (χ1v) is 11.2. The molecule has 0 saturated carbocycles. The lowest BCUT2D eigenvalue weighted by atomic mass is 9.94. The Balaban J connectivity index is 2.06. The number of hydrogen-bond acceptors (Lipinski definition) is 4. The molecule has 4 nitrogen and oxygen atoms in total. The highest BCUT2D eigenvalue weighted by atomic mass is 16.5. The third kappa shape index (κ3) is 13.3. The van der Waals surface area contributed by atoms with Crippen LogP contribution in [0.1, 0.15) is 82.3 Å². The largest absolute Gasteiger partial charge is 0.394 e. The molecule has 1 aromatic rings. The van der Waals surface area contributed by atoms with Crippen LogP contribution >= 0.6 is 0 Å². The lowest BCUT2D eigenvalue weighted by Gasteiger charge is -2.13. The van der Waals surface area contributed by atoms with E-state index in [1.54, 1.807) is 0 Å². The fourth-order valence-corrected chi connectivity index (χ4v) is 3.21. The van der Waals surface area contributed by atoms with Crippen LogP contribution in [0, 0.1) is 0 Å². The van der Waals surface area contributed by atoms with Crippen molar-refractivity contribution in [3.8, 4) is 0 Å². The van der Waals surface area contributed by atoms with E-state index in [9.17, 15) is 0 Å². The molecule has 0 aliphatic heterocycles. The Bertz CT molecular complexity index is 446. The van der Waals surface area contributed by atoms with Gasteiger partial charge in [-0.15, -0.1) is 0 Å². The van der Waals surface area contributed by atoms with E-state index in [0.29, 0.717) is 45.6 Å². The Kier molecular flexibility index (Phi) is 16.2. The second kappa shape index (κ2) is 18.1. The highest BCUT2D eigenvalue weighted by Gasteiger charge is 2.05. The zero-order valence-electron chi connectivity index (χ0n) is 18.2. The molecule has 1 rings (SSSR count).